The molecule has 0 aliphatic heterocycles. The van der Waals surface area contributed by atoms with Crippen molar-refractivity contribution in [1.82, 2.24) is 0 Å². The van der Waals surface area contributed by atoms with Gasteiger partial charge in [-0.1, -0.05) is 91.0 Å². The van der Waals surface area contributed by atoms with Crippen molar-refractivity contribution in [2.24, 2.45) is 0 Å². The van der Waals surface area contributed by atoms with E-state index < -0.39 is 12.8 Å². The summed E-state index contributed by atoms with van der Waals surface area (Å²) in [7, 11) is -3.24. The second-order valence-electron chi connectivity index (χ2n) is 6.36. The molecule has 0 aliphatic carbocycles. The van der Waals surface area contributed by atoms with Gasteiger partial charge >= 0.3 is 0 Å². The van der Waals surface area contributed by atoms with Crippen LogP contribution in [0, 0.1) is 0 Å². The lowest BCUT2D eigenvalue weighted by Gasteiger charge is -2.30. The molecular weight excluding hydrogens is 375 g/mol. The van der Waals surface area contributed by atoms with E-state index in [-0.39, 0.29) is 5.78 Å². The quantitative estimate of drug-likeness (QED) is 0.406. The van der Waals surface area contributed by atoms with Gasteiger partial charge in [0, 0.05) is 21.2 Å². The fourth-order valence-electron chi connectivity index (χ4n) is 3.21. The first-order valence-corrected chi connectivity index (χ1v) is 10.8. The maximum Gasteiger partial charge on any atom is 0.156 e. The Morgan fingerprint density at radius 2 is 1.30 bits per heavy atom. The molecular formula is C23H20ClO2P. The Balaban J connectivity index is 2.32. The van der Waals surface area contributed by atoms with Gasteiger partial charge in [0.05, 0.1) is 5.66 Å². The molecule has 0 saturated carbocycles. The molecule has 0 aromatic heterocycles. The Labute approximate surface area is 164 Å². The third kappa shape index (κ3) is 3.83. The smallest absolute Gasteiger partial charge is 0.156 e. The van der Waals surface area contributed by atoms with Crippen molar-refractivity contribution >= 4 is 35.1 Å². The lowest BCUT2D eigenvalue weighted by molar-refractivity contribution is -0.113. The molecule has 1 atom stereocenters. The minimum atomic E-state index is -3.24. The molecule has 3 aromatic carbocycles. The summed E-state index contributed by atoms with van der Waals surface area (Å²) in [6.07, 6.45) is 0. The van der Waals surface area contributed by atoms with Crippen LogP contribution >= 0.6 is 18.7 Å². The minimum Gasteiger partial charge on any atom is -0.313 e. The van der Waals surface area contributed by atoms with Crippen molar-refractivity contribution in [3.8, 4) is 0 Å². The second-order valence-corrected chi connectivity index (χ2v) is 9.67. The lowest BCUT2D eigenvalue weighted by Crippen LogP contribution is -2.24. The Morgan fingerprint density at radius 3 is 1.70 bits per heavy atom. The fraction of sp³-hybridized carbons (Fsp3) is 0.0870. The zero-order valence-electron chi connectivity index (χ0n) is 15.0. The third-order valence-electron chi connectivity index (χ3n) is 4.61. The largest absolute Gasteiger partial charge is 0.313 e. The molecule has 27 heavy (non-hydrogen) atoms. The number of halogens is 1. The zero-order valence-corrected chi connectivity index (χ0v) is 16.7. The van der Waals surface area contributed by atoms with Crippen LogP contribution in [0.5, 0.6) is 0 Å². The van der Waals surface area contributed by atoms with Crippen LogP contribution in [0.15, 0.2) is 97.1 Å². The Morgan fingerprint density at radius 1 is 0.852 bits per heavy atom. The molecule has 0 heterocycles. The van der Waals surface area contributed by atoms with Crippen LogP contribution < -0.4 is 10.6 Å². The molecule has 4 heteroatoms. The molecule has 0 aliphatic rings. The van der Waals surface area contributed by atoms with Crippen LogP contribution in [0.4, 0.5) is 0 Å². The topological polar surface area (TPSA) is 34.1 Å². The van der Waals surface area contributed by atoms with Crippen LogP contribution in [0.2, 0.25) is 5.02 Å². The van der Waals surface area contributed by atoms with Crippen LogP contribution in [0.3, 0.4) is 0 Å². The van der Waals surface area contributed by atoms with Gasteiger partial charge in [-0.3, -0.25) is 4.79 Å². The summed E-state index contributed by atoms with van der Waals surface area (Å²) < 4.78 is 14.7. The number of benzene rings is 3. The van der Waals surface area contributed by atoms with E-state index in [1.807, 2.05) is 72.8 Å². The molecule has 0 bridgehead atoms. The minimum absolute atomic E-state index is 0.179. The predicted molar refractivity (Wildman–Crippen MR) is 114 cm³/mol. The SMILES string of the molecule is C=C(C(C)=O)[C@H](c1ccc(Cl)cc1)P(=O)(c1ccccc1)c1ccccc1. The van der Waals surface area contributed by atoms with Gasteiger partial charge in [-0.25, -0.2) is 0 Å². The van der Waals surface area contributed by atoms with E-state index in [1.165, 1.54) is 6.92 Å². The highest BCUT2D eigenvalue weighted by Gasteiger charge is 2.40. The Hall–Kier alpha value is -2.41. The normalized spacial score (nSPS) is 12.4. The number of hydrogen-bond donors (Lipinski definition) is 0. The van der Waals surface area contributed by atoms with Gasteiger partial charge in [-0.15, -0.1) is 0 Å². The van der Waals surface area contributed by atoms with Gasteiger partial charge in [-0.2, -0.15) is 0 Å². The van der Waals surface area contributed by atoms with Crippen molar-refractivity contribution in [2.75, 3.05) is 0 Å². The highest BCUT2D eigenvalue weighted by atomic mass is 35.5. The van der Waals surface area contributed by atoms with Crippen LogP contribution in [0.25, 0.3) is 0 Å². The maximum atomic E-state index is 14.7. The average molecular weight is 395 g/mol. The van der Waals surface area contributed by atoms with E-state index in [9.17, 15) is 9.36 Å². The van der Waals surface area contributed by atoms with E-state index >= 15 is 0 Å². The molecule has 0 N–H and O–H groups in total. The summed E-state index contributed by atoms with van der Waals surface area (Å²) in [5.74, 6) is -0.179. The van der Waals surface area contributed by atoms with Gasteiger partial charge in [0.2, 0.25) is 0 Å². The number of ketones is 1. The van der Waals surface area contributed by atoms with Crippen molar-refractivity contribution in [1.29, 1.82) is 0 Å². The molecule has 0 fully saturated rings. The van der Waals surface area contributed by atoms with Gasteiger partial charge in [0.25, 0.3) is 0 Å². The molecule has 0 saturated heterocycles. The molecule has 0 unspecified atom stereocenters. The molecule has 136 valence electrons. The van der Waals surface area contributed by atoms with Gasteiger partial charge < -0.3 is 4.57 Å². The van der Waals surface area contributed by atoms with E-state index in [4.69, 9.17) is 11.6 Å². The summed E-state index contributed by atoms with van der Waals surface area (Å²) in [6.45, 7) is 5.48. The lowest BCUT2D eigenvalue weighted by atomic mass is 10.0. The molecule has 3 rings (SSSR count). The number of allylic oxidation sites excluding steroid dienone is 1. The number of carbonyl (C=O) groups is 1. The van der Waals surface area contributed by atoms with E-state index in [0.717, 1.165) is 5.56 Å². The molecule has 0 radical (unpaired) electrons. The van der Waals surface area contributed by atoms with Gasteiger partial charge in [-0.05, 0) is 24.6 Å². The van der Waals surface area contributed by atoms with Crippen LogP contribution in [-0.2, 0) is 9.36 Å². The monoisotopic (exact) mass is 394 g/mol. The Bertz CT molecular complexity index is 952. The van der Waals surface area contributed by atoms with Gasteiger partial charge in [0.15, 0.2) is 12.9 Å². The summed E-state index contributed by atoms with van der Waals surface area (Å²) >= 11 is 6.05. The first-order chi connectivity index (χ1) is 12.9. The number of rotatable bonds is 6. The molecule has 3 aromatic rings. The molecule has 2 nitrogen and oxygen atoms in total. The van der Waals surface area contributed by atoms with E-state index in [2.05, 4.69) is 6.58 Å². The summed E-state index contributed by atoms with van der Waals surface area (Å²) in [4.78, 5) is 12.3. The van der Waals surface area contributed by atoms with Crippen molar-refractivity contribution in [3.63, 3.8) is 0 Å². The van der Waals surface area contributed by atoms with Crippen molar-refractivity contribution < 1.29 is 9.36 Å². The standard InChI is InChI=1S/C23H20ClO2P/c1-17(18(2)25)23(19-13-15-20(24)16-14-19)27(26,21-9-5-3-6-10-21)22-11-7-4-8-12-22/h3-16,23H,1H2,2H3/t23-/m1/s1. The average Bonchev–Trinajstić information content (AvgIpc) is 2.70. The number of Topliss-reactive ketones (excluding diaryl/α,β-unsaturated/α-hetero) is 1. The van der Waals surface area contributed by atoms with Crippen molar-refractivity contribution in [3.05, 3.63) is 108 Å². The van der Waals surface area contributed by atoms with Gasteiger partial charge in [0.1, 0.15) is 0 Å². The van der Waals surface area contributed by atoms with Crippen molar-refractivity contribution in [2.45, 2.75) is 12.6 Å². The van der Waals surface area contributed by atoms with E-state index in [0.29, 0.717) is 21.2 Å². The molecule has 0 amide bonds. The van der Waals surface area contributed by atoms with Crippen LogP contribution in [-0.4, -0.2) is 5.78 Å². The third-order valence-corrected chi connectivity index (χ3v) is 8.33. The molecule has 0 spiro atoms. The maximum absolute atomic E-state index is 14.7. The number of hydrogen-bond acceptors (Lipinski definition) is 2. The zero-order chi connectivity index (χ0) is 19.4. The first kappa shape index (κ1) is 19.4. The predicted octanol–water partition coefficient (Wildman–Crippen LogP) is 5.54. The summed E-state index contributed by atoms with van der Waals surface area (Å²) in [5.41, 5.74) is 0.432. The van der Waals surface area contributed by atoms with E-state index in [1.54, 1.807) is 12.1 Å². The second kappa shape index (κ2) is 8.08. The summed E-state index contributed by atoms with van der Waals surface area (Å²) in [6, 6.07) is 25.8. The summed E-state index contributed by atoms with van der Waals surface area (Å²) in [5, 5.41) is 1.97. The number of carbonyl (C=O) groups excluding carboxylic acids is 1. The highest BCUT2D eigenvalue weighted by molar-refractivity contribution is 7.79. The fourth-order valence-corrected chi connectivity index (χ4v) is 6.68. The first-order valence-electron chi connectivity index (χ1n) is 8.60. The Kier molecular flexibility index (Phi) is 5.79. The highest BCUT2D eigenvalue weighted by Crippen LogP contribution is 2.60. The van der Waals surface area contributed by atoms with Crippen LogP contribution in [0.1, 0.15) is 18.1 Å².